The molecule has 0 heterocycles. The predicted octanol–water partition coefficient (Wildman–Crippen LogP) is 0.731. The van der Waals surface area contributed by atoms with Gasteiger partial charge in [0.25, 0.3) is 0 Å². The number of benzene rings is 1. The Morgan fingerprint density at radius 3 is 1.86 bits per heavy atom. The third-order valence-corrected chi connectivity index (χ3v) is 1.75. The molecule has 0 atom stereocenters. The smallest absolute Gasteiger partial charge is 0.157 e. The van der Waals surface area contributed by atoms with Gasteiger partial charge in [0.05, 0.1) is 18.2 Å². The molecule has 5 heteroatoms. The normalized spacial score (nSPS) is 9.50. The van der Waals surface area contributed by atoms with E-state index >= 15 is 0 Å². The molecule has 1 rings (SSSR count). The lowest BCUT2D eigenvalue weighted by molar-refractivity contribution is 0.111. The number of phenols is 2. The summed E-state index contributed by atoms with van der Waals surface area (Å²) in [5.74, 6) is -0.993. The molecule has 0 bridgehead atoms. The highest BCUT2D eigenvalue weighted by Crippen LogP contribution is 2.35. The van der Waals surface area contributed by atoms with Crippen LogP contribution in [-0.2, 0) is 0 Å². The summed E-state index contributed by atoms with van der Waals surface area (Å²) in [4.78, 5) is 21.1. The number of carbonyl (C=O) groups is 2. The average molecular weight is 196 g/mol. The molecular formula is C9H8O5. The van der Waals surface area contributed by atoms with Crippen molar-refractivity contribution in [3.8, 4) is 17.2 Å². The first-order valence-electron chi connectivity index (χ1n) is 3.69. The molecule has 0 saturated carbocycles. The van der Waals surface area contributed by atoms with Crippen molar-refractivity contribution < 1.29 is 24.5 Å². The molecule has 0 fully saturated rings. The number of ether oxygens (including phenoxy) is 1. The molecule has 14 heavy (non-hydrogen) atoms. The van der Waals surface area contributed by atoms with E-state index in [2.05, 4.69) is 0 Å². The predicted molar refractivity (Wildman–Crippen MR) is 47.1 cm³/mol. The Balaban J connectivity index is 3.58. The molecule has 1 aromatic carbocycles. The van der Waals surface area contributed by atoms with Gasteiger partial charge in [-0.1, -0.05) is 0 Å². The minimum atomic E-state index is -0.431. The fraction of sp³-hybridized carbons (Fsp3) is 0.111. The number of rotatable bonds is 3. The Bertz CT molecular complexity index is 351. The number of aromatic hydroxyl groups is 2. The van der Waals surface area contributed by atoms with Crippen molar-refractivity contribution in [3.63, 3.8) is 0 Å². The largest absolute Gasteiger partial charge is 0.507 e. The third-order valence-electron chi connectivity index (χ3n) is 1.75. The van der Waals surface area contributed by atoms with Crippen LogP contribution in [0, 0.1) is 0 Å². The second-order valence-corrected chi connectivity index (χ2v) is 2.51. The quantitative estimate of drug-likeness (QED) is 0.696. The Hall–Kier alpha value is -2.04. The van der Waals surface area contributed by atoms with Gasteiger partial charge in [-0.05, 0) is 0 Å². The SMILES string of the molecule is COc1c(C=O)c(O)cc(O)c1C=O. The van der Waals surface area contributed by atoms with Crippen molar-refractivity contribution in [1.29, 1.82) is 0 Å². The fourth-order valence-corrected chi connectivity index (χ4v) is 1.11. The van der Waals surface area contributed by atoms with Crippen LogP contribution in [0.15, 0.2) is 6.07 Å². The van der Waals surface area contributed by atoms with Crippen LogP contribution in [0.4, 0.5) is 0 Å². The van der Waals surface area contributed by atoms with E-state index in [1.54, 1.807) is 0 Å². The summed E-state index contributed by atoms with van der Waals surface area (Å²) in [6, 6.07) is 0.913. The van der Waals surface area contributed by atoms with Crippen LogP contribution in [0.2, 0.25) is 0 Å². The second kappa shape index (κ2) is 3.78. The van der Waals surface area contributed by atoms with Gasteiger partial charge in [-0.25, -0.2) is 0 Å². The number of carbonyl (C=O) groups excluding carboxylic acids is 2. The van der Waals surface area contributed by atoms with Crippen LogP contribution in [-0.4, -0.2) is 29.9 Å². The first kappa shape index (κ1) is 10.0. The standard InChI is InChI=1S/C9H8O5/c1-14-9-5(3-10)7(12)2-8(13)6(9)4-11/h2-4,12-13H,1H3. The zero-order valence-electron chi connectivity index (χ0n) is 7.35. The molecule has 0 amide bonds. The third kappa shape index (κ3) is 1.39. The molecule has 0 aliphatic heterocycles. The average Bonchev–Trinajstić information content (AvgIpc) is 2.16. The monoisotopic (exact) mass is 196 g/mol. The van der Waals surface area contributed by atoms with Crippen molar-refractivity contribution in [1.82, 2.24) is 0 Å². The van der Waals surface area contributed by atoms with Gasteiger partial charge in [-0.3, -0.25) is 9.59 Å². The minimum Gasteiger partial charge on any atom is -0.507 e. The van der Waals surface area contributed by atoms with Crippen molar-refractivity contribution in [2.24, 2.45) is 0 Å². The molecule has 0 aromatic heterocycles. The van der Waals surface area contributed by atoms with Crippen LogP contribution < -0.4 is 4.74 Å². The number of aldehydes is 2. The van der Waals surface area contributed by atoms with Gasteiger partial charge in [0.1, 0.15) is 17.2 Å². The van der Waals surface area contributed by atoms with Gasteiger partial charge in [0.15, 0.2) is 12.6 Å². The van der Waals surface area contributed by atoms with E-state index in [1.165, 1.54) is 7.11 Å². The maximum atomic E-state index is 10.5. The second-order valence-electron chi connectivity index (χ2n) is 2.51. The van der Waals surface area contributed by atoms with Gasteiger partial charge in [-0.15, -0.1) is 0 Å². The Morgan fingerprint density at radius 1 is 1.14 bits per heavy atom. The topological polar surface area (TPSA) is 83.8 Å². The molecule has 0 radical (unpaired) electrons. The van der Waals surface area contributed by atoms with Gasteiger partial charge < -0.3 is 14.9 Å². The van der Waals surface area contributed by atoms with Crippen LogP contribution in [0.1, 0.15) is 20.7 Å². The van der Waals surface area contributed by atoms with Crippen LogP contribution in [0.25, 0.3) is 0 Å². The van der Waals surface area contributed by atoms with E-state index in [0.717, 1.165) is 6.07 Å². The lowest BCUT2D eigenvalue weighted by Gasteiger charge is -2.09. The number of hydrogen-bond acceptors (Lipinski definition) is 5. The molecule has 1 aromatic rings. The summed E-state index contributed by atoms with van der Waals surface area (Å²) in [6.45, 7) is 0. The molecule has 0 aliphatic carbocycles. The molecule has 0 saturated heterocycles. The first-order valence-corrected chi connectivity index (χ1v) is 3.69. The van der Waals surface area contributed by atoms with Crippen molar-refractivity contribution in [2.75, 3.05) is 7.11 Å². The van der Waals surface area contributed by atoms with E-state index in [4.69, 9.17) is 4.74 Å². The number of hydrogen-bond donors (Lipinski definition) is 2. The van der Waals surface area contributed by atoms with Gasteiger partial charge >= 0.3 is 0 Å². The molecule has 0 spiro atoms. The first-order chi connectivity index (χ1) is 6.65. The number of methoxy groups -OCH3 is 1. The Kier molecular flexibility index (Phi) is 2.71. The zero-order chi connectivity index (χ0) is 10.7. The van der Waals surface area contributed by atoms with Crippen molar-refractivity contribution in [2.45, 2.75) is 0 Å². The molecular weight excluding hydrogens is 188 g/mol. The summed E-state index contributed by atoms with van der Waals surface area (Å²) >= 11 is 0. The molecule has 74 valence electrons. The maximum absolute atomic E-state index is 10.5. The van der Waals surface area contributed by atoms with E-state index in [9.17, 15) is 19.8 Å². The van der Waals surface area contributed by atoms with Gasteiger partial charge in [0.2, 0.25) is 0 Å². The van der Waals surface area contributed by atoms with E-state index in [-0.39, 0.29) is 16.9 Å². The van der Waals surface area contributed by atoms with Crippen molar-refractivity contribution >= 4 is 12.6 Å². The van der Waals surface area contributed by atoms with Crippen LogP contribution in [0.3, 0.4) is 0 Å². The van der Waals surface area contributed by atoms with Crippen LogP contribution in [0.5, 0.6) is 17.2 Å². The maximum Gasteiger partial charge on any atom is 0.157 e. The summed E-state index contributed by atoms with van der Waals surface area (Å²) in [5, 5.41) is 18.5. The molecule has 0 unspecified atom stereocenters. The summed E-state index contributed by atoms with van der Waals surface area (Å²) in [6.07, 6.45) is 0.696. The highest BCUT2D eigenvalue weighted by molar-refractivity contribution is 5.93. The Labute approximate surface area is 79.6 Å². The van der Waals surface area contributed by atoms with E-state index < -0.39 is 11.5 Å². The minimum absolute atomic E-state index is 0.132. The highest BCUT2D eigenvalue weighted by Gasteiger charge is 2.17. The lowest BCUT2D eigenvalue weighted by Crippen LogP contribution is -1.97. The summed E-state index contributed by atoms with van der Waals surface area (Å²) in [7, 11) is 1.23. The highest BCUT2D eigenvalue weighted by atomic mass is 16.5. The fourth-order valence-electron chi connectivity index (χ4n) is 1.11. The summed E-state index contributed by atoms with van der Waals surface area (Å²) < 4.78 is 4.74. The van der Waals surface area contributed by atoms with Crippen LogP contribution >= 0.6 is 0 Å². The lowest BCUT2D eigenvalue weighted by atomic mass is 10.1. The number of phenolic OH excluding ortho intramolecular Hbond substituents is 2. The molecule has 0 aliphatic rings. The molecule has 2 N–H and O–H groups in total. The van der Waals surface area contributed by atoms with E-state index in [1.807, 2.05) is 0 Å². The van der Waals surface area contributed by atoms with Gasteiger partial charge in [0, 0.05) is 6.07 Å². The zero-order valence-corrected chi connectivity index (χ0v) is 7.35. The molecule has 5 nitrogen and oxygen atoms in total. The van der Waals surface area contributed by atoms with E-state index in [0.29, 0.717) is 12.6 Å². The summed E-state index contributed by atoms with van der Waals surface area (Å²) in [5.41, 5.74) is -0.320. The van der Waals surface area contributed by atoms with Gasteiger partial charge in [-0.2, -0.15) is 0 Å². The Morgan fingerprint density at radius 2 is 1.57 bits per heavy atom. The van der Waals surface area contributed by atoms with Crippen molar-refractivity contribution in [3.05, 3.63) is 17.2 Å².